The van der Waals surface area contributed by atoms with Crippen LogP contribution in [0.5, 0.6) is 0 Å². The smallest absolute Gasteiger partial charge is 0.188 e. The normalized spacial score (nSPS) is 42.4. The number of rotatable bonds is 1. The number of hydrogen-bond donors (Lipinski definition) is 1. The molecule has 3 nitrogen and oxygen atoms in total. The predicted octanol–water partition coefficient (Wildman–Crippen LogP) is 0.439. The summed E-state index contributed by atoms with van der Waals surface area (Å²) in [7, 11) is 0. The minimum atomic E-state index is -0.543. The number of fused-ring (bicyclic) bond motifs is 2. The van der Waals surface area contributed by atoms with Crippen LogP contribution in [0, 0.1) is 0 Å². The summed E-state index contributed by atoms with van der Waals surface area (Å²) in [6, 6.07) is 0. The zero-order chi connectivity index (χ0) is 7.84. The van der Waals surface area contributed by atoms with E-state index in [2.05, 4.69) is 0 Å². The molecule has 2 rings (SSSR count). The van der Waals surface area contributed by atoms with Crippen LogP contribution in [0.1, 0.15) is 13.3 Å². The Morgan fingerprint density at radius 1 is 1.73 bits per heavy atom. The highest BCUT2D eigenvalue weighted by Gasteiger charge is 2.36. The first-order valence-corrected chi connectivity index (χ1v) is 3.97. The van der Waals surface area contributed by atoms with Gasteiger partial charge in [-0.25, -0.2) is 0 Å². The molecule has 0 unspecified atom stereocenters. The van der Waals surface area contributed by atoms with E-state index >= 15 is 0 Å². The van der Waals surface area contributed by atoms with E-state index in [-0.39, 0.29) is 6.10 Å². The molecule has 2 bridgehead atoms. The van der Waals surface area contributed by atoms with Crippen LogP contribution < -0.4 is 0 Å². The van der Waals surface area contributed by atoms with E-state index in [0.717, 1.165) is 12.0 Å². The van der Waals surface area contributed by atoms with Gasteiger partial charge in [0.15, 0.2) is 6.29 Å². The van der Waals surface area contributed by atoms with E-state index in [4.69, 9.17) is 9.47 Å². The topological polar surface area (TPSA) is 38.7 Å². The zero-order valence-corrected chi connectivity index (χ0v) is 6.49. The maximum absolute atomic E-state index is 9.54. The third-order valence-electron chi connectivity index (χ3n) is 2.18. The van der Waals surface area contributed by atoms with Gasteiger partial charge in [0.1, 0.15) is 12.2 Å². The summed E-state index contributed by atoms with van der Waals surface area (Å²) in [6.07, 6.45) is 1.98. The van der Waals surface area contributed by atoms with Crippen molar-refractivity contribution in [3.63, 3.8) is 0 Å². The molecule has 1 saturated heterocycles. The lowest BCUT2D eigenvalue weighted by Gasteiger charge is -2.23. The average Bonchev–Trinajstić information content (AvgIpc) is 2.42. The van der Waals surface area contributed by atoms with Crippen molar-refractivity contribution in [2.45, 2.75) is 31.8 Å². The van der Waals surface area contributed by atoms with Crippen molar-refractivity contribution in [3.8, 4) is 0 Å². The van der Waals surface area contributed by atoms with Gasteiger partial charge in [0.05, 0.1) is 6.61 Å². The van der Waals surface area contributed by atoms with Crippen molar-refractivity contribution >= 4 is 0 Å². The van der Waals surface area contributed by atoms with Crippen LogP contribution in [0.25, 0.3) is 0 Å². The van der Waals surface area contributed by atoms with Crippen molar-refractivity contribution in [2.75, 3.05) is 6.61 Å². The monoisotopic (exact) mass is 156 g/mol. The van der Waals surface area contributed by atoms with Crippen LogP contribution in [0.4, 0.5) is 0 Å². The maximum atomic E-state index is 9.54. The Labute approximate surface area is 65.6 Å². The second kappa shape index (κ2) is 2.59. The molecule has 0 aromatic rings. The summed E-state index contributed by atoms with van der Waals surface area (Å²) in [5, 5.41) is 9.54. The van der Waals surface area contributed by atoms with Crippen molar-refractivity contribution in [2.24, 2.45) is 0 Å². The van der Waals surface area contributed by atoms with E-state index in [9.17, 15) is 5.11 Å². The van der Waals surface area contributed by atoms with E-state index in [1.165, 1.54) is 0 Å². The molecule has 2 heterocycles. The highest BCUT2D eigenvalue weighted by molar-refractivity contribution is 5.16. The molecule has 0 amide bonds. The second-order valence-corrected chi connectivity index (χ2v) is 2.92. The van der Waals surface area contributed by atoms with E-state index in [1.54, 1.807) is 0 Å². The molecule has 0 radical (unpaired) electrons. The molecule has 11 heavy (non-hydrogen) atoms. The molecule has 1 fully saturated rings. The van der Waals surface area contributed by atoms with Crippen LogP contribution in [0.3, 0.4) is 0 Å². The Kier molecular flexibility index (Phi) is 1.71. The van der Waals surface area contributed by atoms with Gasteiger partial charge >= 0.3 is 0 Å². The van der Waals surface area contributed by atoms with Crippen LogP contribution >= 0.6 is 0 Å². The first-order valence-electron chi connectivity index (χ1n) is 3.97. The summed E-state index contributed by atoms with van der Waals surface area (Å²) in [5.74, 6) is 0. The fourth-order valence-electron chi connectivity index (χ4n) is 1.53. The zero-order valence-electron chi connectivity index (χ0n) is 6.49. The second-order valence-electron chi connectivity index (χ2n) is 2.92. The van der Waals surface area contributed by atoms with Gasteiger partial charge in [0.2, 0.25) is 0 Å². The van der Waals surface area contributed by atoms with Gasteiger partial charge in [-0.1, -0.05) is 13.0 Å². The fourth-order valence-corrected chi connectivity index (χ4v) is 1.53. The summed E-state index contributed by atoms with van der Waals surface area (Å²) >= 11 is 0. The third kappa shape index (κ3) is 1.09. The van der Waals surface area contributed by atoms with Crippen LogP contribution in [-0.2, 0) is 9.47 Å². The van der Waals surface area contributed by atoms with Crippen molar-refractivity contribution in [1.82, 2.24) is 0 Å². The quantitative estimate of drug-likeness (QED) is 0.560. The lowest BCUT2D eigenvalue weighted by Crippen LogP contribution is -2.32. The number of hydrogen-bond acceptors (Lipinski definition) is 3. The van der Waals surface area contributed by atoms with Gasteiger partial charge in [-0.2, -0.15) is 0 Å². The molecule has 2 aliphatic rings. The number of aliphatic hydroxyl groups excluding tert-OH is 1. The Bertz CT molecular complexity index is 188. The van der Waals surface area contributed by atoms with Crippen LogP contribution in [0.2, 0.25) is 0 Å². The van der Waals surface area contributed by atoms with Gasteiger partial charge in [-0.3, -0.25) is 0 Å². The molecule has 3 heteroatoms. The Balaban J connectivity index is 2.21. The molecule has 0 aliphatic carbocycles. The Morgan fingerprint density at radius 2 is 2.55 bits per heavy atom. The molecule has 0 aromatic heterocycles. The lowest BCUT2D eigenvalue weighted by atomic mass is 10.0. The standard InChI is InChI=1S/C8H12O3/c1-2-5-3-6-4-10-8(11-6)7(5)9/h3,6-9H,2,4H2,1H3/t6-,7-,8+/m0/s1. The largest absolute Gasteiger partial charge is 0.383 e. The summed E-state index contributed by atoms with van der Waals surface area (Å²) in [5.41, 5.74) is 1.05. The molecular formula is C8H12O3. The fraction of sp³-hybridized carbons (Fsp3) is 0.750. The minimum Gasteiger partial charge on any atom is -0.383 e. The highest BCUT2D eigenvalue weighted by Crippen LogP contribution is 2.27. The summed E-state index contributed by atoms with van der Waals surface area (Å²) in [4.78, 5) is 0. The van der Waals surface area contributed by atoms with Gasteiger partial charge < -0.3 is 14.6 Å². The number of ether oxygens (including phenoxy) is 2. The maximum Gasteiger partial charge on any atom is 0.188 e. The first kappa shape index (κ1) is 7.28. The molecule has 62 valence electrons. The molecule has 0 aromatic carbocycles. The van der Waals surface area contributed by atoms with Crippen LogP contribution in [0.15, 0.2) is 11.6 Å². The van der Waals surface area contributed by atoms with Crippen LogP contribution in [-0.4, -0.2) is 30.2 Å². The van der Waals surface area contributed by atoms with E-state index in [1.807, 2.05) is 13.0 Å². The van der Waals surface area contributed by atoms with Gasteiger partial charge in [-0.05, 0) is 12.0 Å². The van der Waals surface area contributed by atoms with Crippen molar-refractivity contribution in [1.29, 1.82) is 0 Å². The average molecular weight is 156 g/mol. The lowest BCUT2D eigenvalue weighted by molar-refractivity contribution is -0.120. The SMILES string of the molecule is CCC1=C[C@H]2CO[C@H](O2)[C@H]1O. The number of aliphatic hydroxyl groups is 1. The van der Waals surface area contributed by atoms with E-state index in [0.29, 0.717) is 6.61 Å². The van der Waals surface area contributed by atoms with Gasteiger partial charge in [0.25, 0.3) is 0 Å². The predicted molar refractivity (Wildman–Crippen MR) is 39.0 cm³/mol. The summed E-state index contributed by atoms with van der Waals surface area (Å²) < 4.78 is 10.5. The van der Waals surface area contributed by atoms with Gasteiger partial charge in [0, 0.05) is 0 Å². The highest BCUT2D eigenvalue weighted by atomic mass is 16.7. The molecule has 3 atom stereocenters. The van der Waals surface area contributed by atoms with Crippen molar-refractivity contribution < 1.29 is 14.6 Å². The summed E-state index contributed by atoms with van der Waals surface area (Å²) in [6.45, 7) is 2.62. The molecule has 1 N–H and O–H groups in total. The molecule has 0 spiro atoms. The Hall–Kier alpha value is -0.380. The van der Waals surface area contributed by atoms with Gasteiger partial charge in [-0.15, -0.1) is 0 Å². The minimum absolute atomic E-state index is 0.0818. The Morgan fingerprint density at radius 3 is 3.27 bits per heavy atom. The first-order chi connectivity index (χ1) is 5.31. The molecule has 2 aliphatic heterocycles. The molecular weight excluding hydrogens is 144 g/mol. The van der Waals surface area contributed by atoms with Crippen molar-refractivity contribution in [3.05, 3.63) is 11.6 Å². The van der Waals surface area contributed by atoms with E-state index < -0.39 is 12.4 Å². The molecule has 0 saturated carbocycles. The third-order valence-corrected chi connectivity index (χ3v) is 2.18.